The van der Waals surface area contributed by atoms with Gasteiger partial charge in [0.05, 0.1) is 6.04 Å². The average molecular weight is 306 g/mol. The summed E-state index contributed by atoms with van der Waals surface area (Å²) < 4.78 is 5.17. The van der Waals surface area contributed by atoms with Crippen LogP contribution in [0.3, 0.4) is 0 Å². The van der Waals surface area contributed by atoms with E-state index in [1.165, 1.54) is 5.56 Å². The molecular weight excluding hydrogens is 288 g/mol. The highest BCUT2D eigenvalue weighted by Crippen LogP contribution is 2.21. The van der Waals surface area contributed by atoms with Gasteiger partial charge in [0.25, 0.3) is 11.7 Å². The third-order valence-electron chi connectivity index (χ3n) is 3.50. The van der Waals surface area contributed by atoms with Crippen LogP contribution in [0, 0.1) is 0 Å². The molecule has 1 aliphatic heterocycles. The number of nitrogens with zero attached hydrogens (tertiary/aromatic N) is 2. The summed E-state index contributed by atoms with van der Waals surface area (Å²) in [6.45, 7) is 2.92. The van der Waals surface area contributed by atoms with E-state index >= 15 is 0 Å². The summed E-state index contributed by atoms with van der Waals surface area (Å²) in [5.41, 5.74) is 1.22. The van der Waals surface area contributed by atoms with E-state index in [9.17, 15) is 4.79 Å². The van der Waals surface area contributed by atoms with Gasteiger partial charge in [-0.15, -0.1) is 0 Å². The highest BCUT2D eigenvalue weighted by atomic mass is 32.1. The van der Waals surface area contributed by atoms with Crippen LogP contribution in [0.4, 0.5) is 0 Å². The molecule has 0 spiro atoms. The van der Waals surface area contributed by atoms with Gasteiger partial charge in [-0.25, -0.2) is 0 Å². The summed E-state index contributed by atoms with van der Waals surface area (Å²) in [5, 5.41) is 14.1. The second kappa shape index (κ2) is 6.36. The molecule has 0 aromatic carbocycles. The maximum absolute atomic E-state index is 12.1. The van der Waals surface area contributed by atoms with Crippen molar-refractivity contribution < 1.29 is 9.32 Å². The predicted molar refractivity (Wildman–Crippen MR) is 79.2 cm³/mol. The molecule has 0 saturated carbocycles. The van der Waals surface area contributed by atoms with Gasteiger partial charge in [0.2, 0.25) is 5.89 Å². The Hall–Kier alpha value is -1.73. The minimum Gasteiger partial charge on any atom is -0.346 e. The number of aromatic nitrogens is 2. The Bertz CT molecular complexity index is 590. The molecule has 0 aliphatic carbocycles. The number of hydrogen-bond donors (Lipinski definition) is 2. The Labute approximate surface area is 126 Å². The highest BCUT2D eigenvalue weighted by molar-refractivity contribution is 7.07. The molecule has 21 heavy (non-hydrogen) atoms. The van der Waals surface area contributed by atoms with Crippen LogP contribution >= 0.6 is 11.3 Å². The topological polar surface area (TPSA) is 80.0 Å². The smallest absolute Gasteiger partial charge is 0.292 e. The van der Waals surface area contributed by atoms with E-state index in [4.69, 9.17) is 4.52 Å². The van der Waals surface area contributed by atoms with Crippen LogP contribution in [0.15, 0.2) is 21.3 Å². The second-order valence-electron chi connectivity index (χ2n) is 5.32. The predicted octanol–water partition coefficient (Wildman–Crippen LogP) is 1.92. The van der Waals surface area contributed by atoms with Gasteiger partial charge in [-0.05, 0) is 55.1 Å². The van der Waals surface area contributed by atoms with Gasteiger partial charge in [-0.1, -0.05) is 5.16 Å². The fraction of sp³-hybridized carbons (Fsp3) is 0.500. The van der Waals surface area contributed by atoms with Crippen LogP contribution < -0.4 is 10.6 Å². The van der Waals surface area contributed by atoms with Crippen molar-refractivity contribution in [2.75, 3.05) is 6.54 Å². The molecule has 3 heterocycles. The molecule has 2 atom stereocenters. The van der Waals surface area contributed by atoms with Crippen molar-refractivity contribution in [3.63, 3.8) is 0 Å². The molecule has 2 aromatic heterocycles. The minimum atomic E-state index is -0.286. The van der Waals surface area contributed by atoms with Gasteiger partial charge in [0.1, 0.15) is 0 Å². The van der Waals surface area contributed by atoms with Crippen molar-refractivity contribution in [3.8, 4) is 0 Å². The maximum Gasteiger partial charge on any atom is 0.292 e. The van der Waals surface area contributed by atoms with E-state index in [2.05, 4.69) is 32.2 Å². The summed E-state index contributed by atoms with van der Waals surface area (Å²) in [4.78, 5) is 16.3. The fourth-order valence-electron chi connectivity index (χ4n) is 2.47. The van der Waals surface area contributed by atoms with Crippen molar-refractivity contribution in [3.05, 3.63) is 34.1 Å². The van der Waals surface area contributed by atoms with Gasteiger partial charge >= 0.3 is 0 Å². The molecule has 7 heteroatoms. The summed E-state index contributed by atoms with van der Waals surface area (Å²) in [6, 6.07) is 2.17. The lowest BCUT2D eigenvalue weighted by Crippen LogP contribution is -2.34. The van der Waals surface area contributed by atoms with E-state index in [0.717, 1.165) is 25.8 Å². The molecular formula is C14H18N4O2S. The number of rotatable bonds is 5. The number of carbonyl (C=O) groups is 1. The molecule has 1 amide bonds. The second-order valence-corrected chi connectivity index (χ2v) is 6.10. The van der Waals surface area contributed by atoms with E-state index in [-0.39, 0.29) is 23.8 Å². The van der Waals surface area contributed by atoms with Crippen LogP contribution in [-0.2, 0) is 6.42 Å². The van der Waals surface area contributed by atoms with E-state index in [1.54, 1.807) is 11.3 Å². The van der Waals surface area contributed by atoms with Crippen LogP contribution in [0.2, 0.25) is 0 Å². The first kappa shape index (κ1) is 14.2. The number of nitrogens with one attached hydrogen (secondary N) is 2. The van der Waals surface area contributed by atoms with Gasteiger partial charge in [0.15, 0.2) is 0 Å². The molecule has 1 aliphatic rings. The van der Waals surface area contributed by atoms with E-state index in [1.807, 2.05) is 12.3 Å². The molecule has 2 unspecified atom stereocenters. The maximum atomic E-state index is 12.1. The van der Waals surface area contributed by atoms with Crippen LogP contribution in [0.5, 0.6) is 0 Å². The molecule has 112 valence electrons. The normalized spacial score (nSPS) is 19.6. The first-order valence-corrected chi connectivity index (χ1v) is 8.05. The lowest BCUT2D eigenvalue weighted by Gasteiger charge is -2.11. The van der Waals surface area contributed by atoms with Crippen LogP contribution in [0.1, 0.15) is 47.9 Å². The van der Waals surface area contributed by atoms with Crippen molar-refractivity contribution in [1.29, 1.82) is 0 Å². The van der Waals surface area contributed by atoms with Gasteiger partial charge in [-0.3, -0.25) is 4.79 Å². The number of carbonyl (C=O) groups excluding carboxylic acids is 1. The Morgan fingerprint density at radius 1 is 1.67 bits per heavy atom. The minimum absolute atomic E-state index is 0.0265. The van der Waals surface area contributed by atoms with Crippen molar-refractivity contribution >= 4 is 17.2 Å². The molecule has 1 fully saturated rings. The van der Waals surface area contributed by atoms with Crippen LogP contribution in [0.25, 0.3) is 0 Å². The summed E-state index contributed by atoms with van der Waals surface area (Å²) >= 11 is 1.65. The van der Waals surface area contributed by atoms with Crippen LogP contribution in [-0.4, -0.2) is 28.6 Å². The van der Waals surface area contributed by atoms with Crippen molar-refractivity contribution in [2.24, 2.45) is 0 Å². The Morgan fingerprint density at radius 2 is 2.57 bits per heavy atom. The molecule has 2 aromatic rings. The lowest BCUT2D eigenvalue weighted by atomic mass is 10.1. The molecule has 1 saturated heterocycles. The molecule has 0 radical (unpaired) electrons. The van der Waals surface area contributed by atoms with Gasteiger partial charge in [0, 0.05) is 6.04 Å². The van der Waals surface area contributed by atoms with E-state index in [0.29, 0.717) is 5.89 Å². The zero-order valence-corrected chi connectivity index (χ0v) is 12.7. The third-order valence-corrected chi connectivity index (χ3v) is 4.23. The standard InChI is InChI=1S/C14H18N4O2S/c1-9(7-10-4-6-21-8-10)16-13(19)12-17-14(20-18-12)11-3-2-5-15-11/h4,6,8-9,11,15H,2-3,5,7H2,1H3,(H,16,19). The summed E-state index contributed by atoms with van der Waals surface area (Å²) in [7, 11) is 0. The first-order chi connectivity index (χ1) is 10.2. The number of hydrogen-bond acceptors (Lipinski definition) is 6. The van der Waals surface area contributed by atoms with Crippen molar-refractivity contribution in [2.45, 2.75) is 38.3 Å². The largest absolute Gasteiger partial charge is 0.346 e. The molecule has 3 rings (SSSR count). The average Bonchev–Trinajstić information content (AvgIpc) is 3.20. The molecule has 2 N–H and O–H groups in total. The zero-order chi connectivity index (χ0) is 14.7. The summed E-state index contributed by atoms with van der Waals surface area (Å²) in [6.07, 6.45) is 2.86. The third kappa shape index (κ3) is 3.48. The number of amides is 1. The first-order valence-electron chi connectivity index (χ1n) is 7.11. The van der Waals surface area contributed by atoms with Gasteiger partial charge in [-0.2, -0.15) is 16.3 Å². The number of thiophene rings is 1. The Balaban J connectivity index is 1.57. The zero-order valence-electron chi connectivity index (χ0n) is 11.8. The molecule has 0 bridgehead atoms. The molecule has 6 nitrogen and oxygen atoms in total. The quantitative estimate of drug-likeness (QED) is 0.882. The lowest BCUT2D eigenvalue weighted by molar-refractivity contribution is 0.0926. The SMILES string of the molecule is CC(Cc1ccsc1)NC(=O)c1noc(C2CCCN2)n1. The monoisotopic (exact) mass is 306 g/mol. The summed E-state index contributed by atoms with van der Waals surface area (Å²) in [5.74, 6) is 0.324. The van der Waals surface area contributed by atoms with Crippen molar-refractivity contribution in [1.82, 2.24) is 20.8 Å². The fourth-order valence-corrected chi connectivity index (χ4v) is 3.15. The Kier molecular flexibility index (Phi) is 4.31. The Morgan fingerprint density at radius 3 is 3.29 bits per heavy atom. The van der Waals surface area contributed by atoms with E-state index < -0.39 is 0 Å². The highest BCUT2D eigenvalue weighted by Gasteiger charge is 2.24. The van der Waals surface area contributed by atoms with Gasteiger partial charge < -0.3 is 15.2 Å².